The molecule has 1 saturated heterocycles. The maximum atomic E-state index is 12.5. The second kappa shape index (κ2) is 24.2. The standard InChI is InChI=1S/C31H58O10/c1-3-5-6-7-8-9-10-11-12-13-14-15-16-17-18-20-27(34)40-24(22-38-26(33)19-4-2)23-39-31-30(37)29(36)28(35)25(21-32)41-31/h24-25,28-32,35-37H,3-23H2,1-2H3/t24-,25-,28+,29+,30-,31-/m1/s1. The van der Waals surface area contributed by atoms with Crippen LogP contribution in [-0.4, -0.2) is 89.0 Å². The third kappa shape index (κ3) is 17.4. The molecule has 6 atom stereocenters. The van der Waals surface area contributed by atoms with Gasteiger partial charge in [0.05, 0.1) is 13.2 Å². The van der Waals surface area contributed by atoms with E-state index in [1.54, 1.807) is 0 Å². The van der Waals surface area contributed by atoms with Crippen molar-refractivity contribution >= 4 is 11.9 Å². The van der Waals surface area contributed by atoms with Crippen LogP contribution in [0.4, 0.5) is 0 Å². The second-order valence-corrected chi connectivity index (χ2v) is 11.3. The number of unbranched alkanes of at least 4 members (excludes halogenated alkanes) is 14. The Balaban J connectivity index is 2.27. The first-order valence-corrected chi connectivity index (χ1v) is 16.1. The fraction of sp³-hybridized carbons (Fsp3) is 0.935. The van der Waals surface area contributed by atoms with Gasteiger partial charge in [-0.3, -0.25) is 9.59 Å². The monoisotopic (exact) mass is 590 g/mol. The molecule has 4 N–H and O–H groups in total. The predicted molar refractivity (Wildman–Crippen MR) is 155 cm³/mol. The maximum Gasteiger partial charge on any atom is 0.306 e. The molecule has 0 aromatic heterocycles. The Kier molecular flexibility index (Phi) is 22.2. The summed E-state index contributed by atoms with van der Waals surface area (Å²) in [5, 5.41) is 39.4. The van der Waals surface area contributed by atoms with Gasteiger partial charge in [0.15, 0.2) is 12.4 Å². The third-order valence-electron chi connectivity index (χ3n) is 7.46. The summed E-state index contributed by atoms with van der Waals surface area (Å²) in [5.74, 6) is -0.863. The minimum Gasteiger partial charge on any atom is -0.462 e. The number of carbonyl (C=O) groups is 2. The Labute approximate surface area is 247 Å². The van der Waals surface area contributed by atoms with Crippen LogP contribution in [0.25, 0.3) is 0 Å². The van der Waals surface area contributed by atoms with Crippen LogP contribution in [0.3, 0.4) is 0 Å². The number of carbonyl (C=O) groups excluding carboxylic acids is 2. The first kappa shape index (κ1) is 37.7. The molecule has 1 fully saturated rings. The summed E-state index contributed by atoms with van der Waals surface area (Å²) < 4.78 is 21.5. The lowest BCUT2D eigenvalue weighted by atomic mass is 9.99. The van der Waals surface area contributed by atoms with Crippen molar-refractivity contribution in [3.05, 3.63) is 0 Å². The molecule has 0 amide bonds. The topological polar surface area (TPSA) is 152 Å². The van der Waals surface area contributed by atoms with Gasteiger partial charge in [-0.15, -0.1) is 0 Å². The van der Waals surface area contributed by atoms with E-state index < -0.39 is 55.4 Å². The van der Waals surface area contributed by atoms with Crippen LogP contribution in [0.15, 0.2) is 0 Å². The Morgan fingerprint density at radius 2 is 1.20 bits per heavy atom. The summed E-state index contributed by atoms with van der Waals surface area (Å²) in [6.45, 7) is 3.02. The highest BCUT2D eigenvalue weighted by atomic mass is 16.7. The van der Waals surface area contributed by atoms with Crippen LogP contribution in [0, 0.1) is 0 Å². The molecule has 41 heavy (non-hydrogen) atoms. The minimum atomic E-state index is -1.58. The lowest BCUT2D eigenvalue weighted by Crippen LogP contribution is -2.59. The molecule has 242 valence electrons. The van der Waals surface area contributed by atoms with E-state index in [0.29, 0.717) is 12.8 Å². The Bertz CT molecular complexity index is 659. The number of esters is 2. The molecule has 0 unspecified atom stereocenters. The first-order valence-electron chi connectivity index (χ1n) is 16.1. The summed E-state index contributed by atoms with van der Waals surface area (Å²) in [6.07, 6.45) is 11.5. The number of rotatable bonds is 25. The zero-order valence-electron chi connectivity index (χ0n) is 25.6. The zero-order valence-corrected chi connectivity index (χ0v) is 25.6. The van der Waals surface area contributed by atoms with Crippen LogP contribution in [-0.2, 0) is 28.5 Å². The van der Waals surface area contributed by atoms with Crippen molar-refractivity contribution in [2.75, 3.05) is 19.8 Å². The summed E-state index contributed by atoms with van der Waals surface area (Å²) >= 11 is 0. The Morgan fingerprint density at radius 1 is 0.659 bits per heavy atom. The quantitative estimate of drug-likeness (QED) is 0.0893. The molecule has 10 nitrogen and oxygen atoms in total. The van der Waals surface area contributed by atoms with Crippen molar-refractivity contribution in [1.29, 1.82) is 0 Å². The second-order valence-electron chi connectivity index (χ2n) is 11.3. The van der Waals surface area contributed by atoms with E-state index in [-0.39, 0.29) is 26.1 Å². The van der Waals surface area contributed by atoms with Gasteiger partial charge in [0.25, 0.3) is 0 Å². The zero-order chi connectivity index (χ0) is 30.3. The van der Waals surface area contributed by atoms with Crippen molar-refractivity contribution < 1.29 is 49.0 Å². The van der Waals surface area contributed by atoms with Crippen LogP contribution in [0.1, 0.15) is 129 Å². The summed E-state index contributed by atoms with van der Waals surface area (Å²) in [7, 11) is 0. The van der Waals surface area contributed by atoms with Crippen molar-refractivity contribution in [3.63, 3.8) is 0 Å². The normalized spacial score (nSPS) is 23.3. The molecule has 0 bridgehead atoms. The van der Waals surface area contributed by atoms with E-state index in [2.05, 4.69) is 6.92 Å². The van der Waals surface area contributed by atoms with Crippen LogP contribution in [0.2, 0.25) is 0 Å². The van der Waals surface area contributed by atoms with E-state index in [4.69, 9.17) is 18.9 Å². The largest absolute Gasteiger partial charge is 0.462 e. The molecular formula is C31H58O10. The van der Waals surface area contributed by atoms with Gasteiger partial charge >= 0.3 is 11.9 Å². The molecule has 0 aromatic rings. The lowest BCUT2D eigenvalue weighted by Gasteiger charge is -2.39. The van der Waals surface area contributed by atoms with Gasteiger partial charge in [-0.25, -0.2) is 0 Å². The molecule has 0 aromatic carbocycles. The molecule has 0 radical (unpaired) electrons. The van der Waals surface area contributed by atoms with Gasteiger partial charge in [0.1, 0.15) is 31.0 Å². The van der Waals surface area contributed by atoms with Gasteiger partial charge in [-0.05, 0) is 12.8 Å². The van der Waals surface area contributed by atoms with Crippen LogP contribution in [0.5, 0.6) is 0 Å². The molecule has 0 aliphatic carbocycles. The van der Waals surface area contributed by atoms with Crippen molar-refractivity contribution in [2.24, 2.45) is 0 Å². The van der Waals surface area contributed by atoms with Gasteiger partial charge in [0, 0.05) is 12.8 Å². The molecule has 1 aliphatic rings. The van der Waals surface area contributed by atoms with Gasteiger partial charge < -0.3 is 39.4 Å². The highest BCUT2D eigenvalue weighted by Crippen LogP contribution is 2.22. The molecule has 10 heteroatoms. The van der Waals surface area contributed by atoms with Crippen LogP contribution < -0.4 is 0 Å². The van der Waals surface area contributed by atoms with E-state index in [1.807, 2.05) is 6.92 Å². The number of ether oxygens (including phenoxy) is 4. The predicted octanol–water partition coefficient (Wildman–Crippen LogP) is 4.32. The Hall–Kier alpha value is -1.30. The van der Waals surface area contributed by atoms with Gasteiger partial charge in [-0.2, -0.15) is 0 Å². The highest BCUT2D eigenvalue weighted by Gasteiger charge is 2.44. The number of hydrogen-bond donors (Lipinski definition) is 4. The van der Waals surface area contributed by atoms with Crippen LogP contribution >= 0.6 is 0 Å². The fourth-order valence-electron chi connectivity index (χ4n) is 4.87. The van der Waals surface area contributed by atoms with Crippen molar-refractivity contribution in [1.82, 2.24) is 0 Å². The number of hydrogen-bond acceptors (Lipinski definition) is 10. The number of aliphatic hydroxyl groups excluding tert-OH is 4. The molecule has 1 heterocycles. The maximum absolute atomic E-state index is 12.5. The molecule has 1 aliphatic heterocycles. The first-order chi connectivity index (χ1) is 19.8. The summed E-state index contributed by atoms with van der Waals surface area (Å²) in [4.78, 5) is 24.3. The van der Waals surface area contributed by atoms with Crippen molar-refractivity contribution in [3.8, 4) is 0 Å². The minimum absolute atomic E-state index is 0.221. The average Bonchev–Trinajstić information content (AvgIpc) is 2.96. The smallest absolute Gasteiger partial charge is 0.306 e. The average molecular weight is 591 g/mol. The van der Waals surface area contributed by atoms with E-state index in [0.717, 1.165) is 19.3 Å². The summed E-state index contributed by atoms with van der Waals surface area (Å²) in [6, 6.07) is 0. The molecule has 1 rings (SSSR count). The third-order valence-corrected chi connectivity index (χ3v) is 7.46. The van der Waals surface area contributed by atoms with E-state index in [9.17, 15) is 30.0 Å². The SMILES string of the molecule is CCCCCCCCCCCCCCCCCC(=O)O[C@H](COC(=O)CCC)CO[C@@H]1O[C@H](CO)[C@H](O)[C@H](O)[C@H]1O. The summed E-state index contributed by atoms with van der Waals surface area (Å²) in [5.41, 5.74) is 0. The Morgan fingerprint density at radius 3 is 1.71 bits per heavy atom. The molecule has 0 spiro atoms. The lowest BCUT2D eigenvalue weighted by molar-refractivity contribution is -0.305. The number of aliphatic hydroxyl groups is 4. The molecule has 0 saturated carbocycles. The van der Waals surface area contributed by atoms with E-state index >= 15 is 0 Å². The van der Waals surface area contributed by atoms with E-state index in [1.165, 1.54) is 70.6 Å². The van der Waals surface area contributed by atoms with Crippen molar-refractivity contribution in [2.45, 2.75) is 166 Å². The fourth-order valence-corrected chi connectivity index (χ4v) is 4.87. The molecular weight excluding hydrogens is 532 g/mol. The highest BCUT2D eigenvalue weighted by molar-refractivity contribution is 5.70. The van der Waals surface area contributed by atoms with Gasteiger partial charge in [0.2, 0.25) is 0 Å². The van der Waals surface area contributed by atoms with Gasteiger partial charge in [-0.1, -0.05) is 104 Å².